The zero-order valence-electron chi connectivity index (χ0n) is 10.7. The monoisotopic (exact) mass is 248 g/mol. The number of benzene rings is 1. The Morgan fingerprint density at radius 3 is 3.06 bits per heavy atom. The molecular weight excluding hydrogens is 228 g/mol. The van der Waals surface area contributed by atoms with Gasteiger partial charge in [0.05, 0.1) is 18.6 Å². The highest BCUT2D eigenvalue weighted by atomic mass is 16.3. The van der Waals surface area contributed by atoms with Gasteiger partial charge in [0.15, 0.2) is 0 Å². The number of amides is 1. The Morgan fingerprint density at radius 1 is 1.61 bits per heavy atom. The molecule has 1 heterocycles. The molecule has 4 heteroatoms. The number of nitrogens with zero attached hydrogens (tertiary/aromatic N) is 1. The number of nitrogen functional groups attached to an aromatic ring is 1. The van der Waals surface area contributed by atoms with Crippen LogP contribution in [-0.2, 0) is 4.79 Å². The molecule has 1 saturated heterocycles. The minimum absolute atomic E-state index is 0.0130. The molecule has 0 saturated carbocycles. The van der Waals surface area contributed by atoms with Crippen molar-refractivity contribution >= 4 is 11.6 Å². The Labute approximate surface area is 107 Å². The number of carbonyl (C=O) groups is 1. The van der Waals surface area contributed by atoms with Gasteiger partial charge in [-0.2, -0.15) is 0 Å². The molecular formula is C14H20N2O2. The third-order valence-electron chi connectivity index (χ3n) is 3.65. The summed E-state index contributed by atoms with van der Waals surface area (Å²) in [5, 5.41) is 9.27. The van der Waals surface area contributed by atoms with Crippen LogP contribution in [0.15, 0.2) is 24.3 Å². The molecule has 2 rings (SSSR count). The maximum Gasteiger partial charge on any atom is 0.230 e. The summed E-state index contributed by atoms with van der Waals surface area (Å²) in [4.78, 5) is 14.2. The second kappa shape index (κ2) is 5.40. The van der Waals surface area contributed by atoms with Crippen molar-refractivity contribution < 1.29 is 9.90 Å². The van der Waals surface area contributed by atoms with Crippen molar-refractivity contribution in [3.05, 3.63) is 29.8 Å². The summed E-state index contributed by atoms with van der Waals surface area (Å²) in [5.74, 6) is -0.127. The van der Waals surface area contributed by atoms with Gasteiger partial charge in [0, 0.05) is 12.2 Å². The van der Waals surface area contributed by atoms with Crippen LogP contribution in [0, 0.1) is 0 Å². The van der Waals surface area contributed by atoms with Crippen LogP contribution in [0.4, 0.5) is 5.69 Å². The standard InChI is InChI=1S/C14H20N2O2/c1-10(11-4-2-5-12(15)8-11)14(18)16-7-3-6-13(16)9-17/h2,4-5,8,10,13,17H,3,6-7,9,15H2,1H3. The molecule has 1 aromatic rings. The third-order valence-corrected chi connectivity index (χ3v) is 3.65. The lowest BCUT2D eigenvalue weighted by Gasteiger charge is -2.26. The van der Waals surface area contributed by atoms with E-state index in [1.165, 1.54) is 0 Å². The van der Waals surface area contributed by atoms with Crippen molar-refractivity contribution in [1.29, 1.82) is 0 Å². The quantitative estimate of drug-likeness (QED) is 0.794. The van der Waals surface area contributed by atoms with E-state index < -0.39 is 0 Å². The van der Waals surface area contributed by atoms with E-state index in [1.54, 1.807) is 4.90 Å². The van der Waals surface area contributed by atoms with Crippen LogP contribution in [0.2, 0.25) is 0 Å². The number of nitrogens with two attached hydrogens (primary N) is 1. The predicted molar refractivity (Wildman–Crippen MR) is 71.1 cm³/mol. The van der Waals surface area contributed by atoms with E-state index in [1.807, 2.05) is 31.2 Å². The van der Waals surface area contributed by atoms with E-state index in [9.17, 15) is 9.90 Å². The first-order valence-electron chi connectivity index (χ1n) is 6.40. The van der Waals surface area contributed by atoms with Gasteiger partial charge in [-0.1, -0.05) is 12.1 Å². The summed E-state index contributed by atoms with van der Waals surface area (Å²) in [6.07, 6.45) is 1.87. The minimum Gasteiger partial charge on any atom is -0.399 e. The fourth-order valence-corrected chi connectivity index (χ4v) is 2.54. The number of rotatable bonds is 3. The van der Waals surface area contributed by atoms with Crippen molar-refractivity contribution in [1.82, 2.24) is 4.90 Å². The maximum absolute atomic E-state index is 12.4. The van der Waals surface area contributed by atoms with Crippen LogP contribution in [0.3, 0.4) is 0 Å². The molecule has 1 fully saturated rings. The van der Waals surface area contributed by atoms with Gasteiger partial charge in [-0.05, 0) is 37.5 Å². The smallest absolute Gasteiger partial charge is 0.230 e. The predicted octanol–water partition coefficient (Wildman–Crippen LogP) is 1.36. The Balaban J connectivity index is 2.13. The number of aliphatic hydroxyl groups is 1. The first-order chi connectivity index (χ1) is 8.63. The molecule has 1 aromatic carbocycles. The number of carbonyl (C=O) groups excluding carboxylic acids is 1. The number of anilines is 1. The number of likely N-dealkylation sites (tertiary alicyclic amines) is 1. The molecule has 2 unspecified atom stereocenters. The summed E-state index contributed by atoms with van der Waals surface area (Å²) >= 11 is 0. The Kier molecular flexibility index (Phi) is 3.87. The minimum atomic E-state index is -0.208. The fourth-order valence-electron chi connectivity index (χ4n) is 2.54. The van der Waals surface area contributed by atoms with Crippen LogP contribution >= 0.6 is 0 Å². The fraction of sp³-hybridized carbons (Fsp3) is 0.500. The average molecular weight is 248 g/mol. The number of hydrogen-bond donors (Lipinski definition) is 2. The first kappa shape index (κ1) is 12.9. The summed E-state index contributed by atoms with van der Waals surface area (Å²) in [6, 6.07) is 7.42. The van der Waals surface area contributed by atoms with Gasteiger partial charge in [0.2, 0.25) is 5.91 Å². The lowest BCUT2D eigenvalue weighted by atomic mass is 9.99. The molecule has 1 aliphatic rings. The van der Waals surface area contributed by atoms with Crippen molar-refractivity contribution in [2.24, 2.45) is 0 Å². The van der Waals surface area contributed by atoms with E-state index in [4.69, 9.17) is 5.73 Å². The Bertz CT molecular complexity index is 434. The Morgan fingerprint density at radius 2 is 2.39 bits per heavy atom. The van der Waals surface area contributed by atoms with Gasteiger partial charge in [-0.25, -0.2) is 0 Å². The molecule has 1 aliphatic heterocycles. The largest absolute Gasteiger partial charge is 0.399 e. The van der Waals surface area contributed by atoms with Gasteiger partial charge >= 0.3 is 0 Å². The van der Waals surface area contributed by atoms with E-state index in [2.05, 4.69) is 0 Å². The zero-order chi connectivity index (χ0) is 13.1. The molecule has 1 amide bonds. The summed E-state index contributed by atoms with van der Waals surface area (Å²) < 4.78 is 0. The topological polar surface area (TPSA) is 66.6 Å². The summed E-state index contributed by atoms with van der Waals surface area (Å²) in [6.45, 7) is 2.69. The molecule has 0 bridgehead atoms. The molecule has 2 atom stereocenters. The molecule has 98 valence electrons. The first-order valence-corrected chi connectivity index (χ1v) is 6.40. The van der Waals surface area contributed by atoms with Crippen molar-refractivity contribution in [2.75, 3.05) is 18.9 Å². The lowest BCUT2D eigenvalue weighted by Crippen LogP contribution is -2.39. The molecule has 4 nitrogen and oxygen atoms in total. The molecule has 0 aliphatic carbocycles. The molecule has 18 heavy (non-hydrogen) atoms. The van der Waals surface area contributed by atoms with Gasteiger partial charge in [0.25, 0.3) is 0 Å². The Hall–Kier alpha value is -1.55. The van der Waals surface area contributed by atoms with E-state index in [0.29, 0.717) is 5.69 Å². The van der Waals surface area contributed by atoms with Crippen LogP contribution in [0.5, 0.6) is 0 Å². The highest BCUT2D eigenvalue weighted by molar-refractivity contribution is 5.84. The highest BCUT2D eigenvalue weighted by Gasteiger charge is 2.31. The van der Waals surface area contributed by atoms with E-state index >= 15 is 0 Å². The second-order valence-corrected chi connectivity index (χ2v) is 4.90. The van der Waals surface area contributed by atoms with Crippen LogP contribution < -0.4 is 5.73 Å². The van der Waals surface area contributed by atoms with Gasteiger partial charge in [-0.15, -0.1) is 0 Å². The van der Waals surface area contributed by atoms with Gasteiger partial charge in [-0.3, -0.25) is 4.79 Å². The highest BCUT2D eigenvalue weighted by Crippen LogP contribution is 2.25. The maximum atomic E-state index is 12.4. The normalized spacial score (nSPS) is 21.0. The van der Waals surface area contributed by atoms with Gasteiger partial charge in [0.1, 0.15) is 0 Å². The second-order valence-electron chi connectivity index (χ2n) is 4.90. The molecule has 0 aromatic heterocycles. The van der Waals surface area contributed by atoms with Gasteiger partial charge < -0.3 is 15.7 Å². The van der Waals surface area contributed by atoms with Crippen molar-refractivity contribution in [2.45, 2.75) is 31.7 Å². The van der Waals surface area contributed by atoms with E-state index in [0.717, 1.165) is 24.9 Å². The van der Waals surface area contributed by atoms with Crippen LogP contribution in [0.1, 0.15) is 31.2 Å². The number of hydrogen-bond acceptors (Lipinski definition) is 3. The average Bonchev–Trinajstić information content (AvgIpc) is 2.85. The van der Waals surface area contributed by atoms with E-state index in [-0.39, 0.29) is 24.5 Å². The third kappa shape index (κ3) is 2.48. The summed E-state index contributed by atoms with van der Waals surface area (Å²) in [5.41, 5.74) is 7.35. The van der Waals surface area contributed by atoms with Crippen molar-refractivity contribution in [3.63, 3.8) is 0 Å². The van der Waals surface area contributed by atoms with Crippen LogP contribution in [-0.4, -0.2) is 35.1 Å². The zero-order valence-corrected chi connectivity index (χ0v) is 10.7. The SMILES string of the molecule is CC(C(=O)N1CCCC1CO)c1cccc(N)c1. The summed E-state index contributed by atoms with van der Waals surface area (Å²) in [7, 11) is 0. The molecule has 3 N–H and O–H groups in total. The van der Waals surface area contributed by atoms with Crippen LogP contribution in [0.25, 0.3) is 0 Å². The number of aliphatic hydroxyl groups excluding tert-OH is 1. The lowest BCUT2D eigenvalue weighted by molar-refractivity contribution is -0.133. The molecule has 0 spiro atoms. The molecule has 0 radical (unpaired) electrons. The van der Waals surface area contributed by atoms with Crippen molar-refractivity contribution in [3.8, 4) is 0 Å².